The third-order valence-corrected chi connectivity index (χ3v) is 4.10. The van der Waals surface area contributed by atoms with E-state index in [2.05, 4.69) is 20.4 Å². The van der Waals surface area contributed by atoms with Gasteiger partial charge in [0.25, 0.3) is 11.7 Å². The molecule has 1 aliphatic rings. The molecule has 2 aromatic rings. The third kappa shape index (κ3) is 2.61. The van der Waals surface area contributed by atoms with Crippen LogP contribution in [0.4, 0.5) is 0 Å². The minimum atomic E-state index is -0.757. The summed E-state index contributed by atoms with van der Waals surface area (Å²) in [6.45, 7) is 2.24. The van der Waals surface area contributed by atoms with Crippen molar-refractivity contribution in [3.8, 4) is 0 Å². The van der Waals surface area contributed by atoms with Gasteiger partial charge >= 0.3 is 0 Å². The van der Waals surface area contributed by atoms with Crippen LogP contribution in [-0.4, -0.2) is 42.7 Å². The van der Waals surface area contributed by atoms with Crippen molar-refractivity contribution in [2.24, 2.45) is 0 Å². The number of amides is 1. The molecular weight excluding hydrogens is 270 g/mol. The van der Waals surface area contributed by atoms with E-state index in [0.717, 1.165) is 31.4 Å². The van der Waals surface area contributed by atoms with Crippen molar-refractivity contribution < 1.29 is 9.90 Å². The summed E-state index contributed by atoms with van der Waals surface area (Å²) in [4.78, 5) is 20.5. The summed E-state index contributed by atoms with van der Waals surface area (Å²) in [6, 6.07) is 0. The van der Waals surface area contributed by atoms with E-state index < -0.39 is 5.60 Å². The third-order valence-electron chi connectivity index (χ3n) is 4.10. The Balaban J connectivity index is 1.80. The maximum absolute atomic E-state index is 12.4. The number of hydrogen-bond donors (Lipinski definition) is 2. The van der Waals surface area contributed by atoms with Crippen molar-refractivity contribution in [1.82, 2.24) is 24.9 Å². The molecule has 2 heterocycles. The SMILES string of the molecule is CCc1c(C(=O)NCC2(O)CCCC2)cnc2ncnn12. The Morgan fingerprint density at radius 2 is 2.19 bits per heavy atom. The number of hydrogen-bond acceptors (Lipinski definition) is 5. The van der Waals surface area contributed by atoms with Gasteiger partial charge in [0.15, 0.2) is 0 Å². The highest BCUT2D eigenvalue weighted by Crippen LogP contribution is 2.28. The number of carbonyl (C=O) groups excluding carboxylic acids is 1. The van der Waals surface area contributed by atoms with Gasteiger partial charge < -0.3 is 10.4 Å². The number of rotatable bonds is 4. The summed E-state index contributed by atoms with van der Waals surface area (Å²) in [7, 11) is 0. The highest BCUT2D eigenvalue weighted by atomic mass is 16.3. The second-order valence-corrected chi connectivity index (χ2v) is 5.56. The zero-order valence-electron chi connectivity index (χ0n) is 12.0. The summed E-state index contributed by atoms with van der Waals surface area (Å²) in [6.07, 6.45) is 7.11. The van der Waals surface area contributed by atoms with E-state index in [0.29, 0.717) is 17.8 Å². The molecule has 7 nitrogen and oxygen atoms in total. The first kappa shape index (κ1) is 13.9. The van der Waals surface area contributed by atoms with E-state index >= 15 is 0 Å². The van der Waals surface area contributed by atoms with Crippen molar-refractivity contribution in [2.75, 3.05) is 6.54 Å². The van der Waals surface area contributed by atoms with E-state index in [-0.39, 0.29) is 12.5 Å². The molecule has 7 heteroatoms. The highest BCUT2D eigenvalue weighted by molar-refractivity contribution is 5.95. The van der Waals surface area contributed by atoms with Crippen LogP contribution in [0.15, 0.2) is 12.5 Å². The number of aromatic nitrogens is 4. The normalized spacial score (nSPS) is 17.2. The molecule has 0 radical (unpaired) electrons. The maximum Gasteiger partial charge on any atom is 0.254 e. The van der Waals surface area contributed by atoms with E-state index in [1.54, 1.807) is 4.52 Å². The average molecular weight is 289 g/mol. The molecule has 0 unspecified atom stereocenters. The summed E-state index contributed by atoms with van der Waals surface area (Å²) in [5, 5.41) is 17.2. The van der Waals surface area contributed by atoms with Crippen LogP contribution >= 0.6 is 0 Å². The second kappa shape index (κ2) is 5.40. The van der Waals surface area contributed by atoms with E-state index in [1.807, 2.05) is 6.92 Å². The molecule has 2 N–H and O–H groups in total. The Bertz CT molecular complexity index is 660. The topological polar surface area (TPSA) is 92.4 Å². The van der Waals surface area contributed by atoms with Gasteiger partial charge in [-0.15, -0.1) is 0 Å². The van der Waals surface area contributed by atoms with Crippen LogP contribution in [0.2, 0.25) is 0 Å². The lowest BCUT2D eigenvalue weighted by Gasteiger charge is -2.22. The van der Waals surface area contributed by atoms with E-state index in [9.17, 15) is 9.90 Å². The van der Waals surface area contributed by atoms with Gasteiger partial charge in [0.1, 0.15) is 6.33 Å². The fraction of sp³-hybridized carbons (Fsp3) is 0.571. The van der Waals surface area contributed by atoms with Crippen molar-refractivity contribution >= 4 is 11.7 Å². The number of aliphatic hydroxyl groups is 1. The Hall–Kier alpha value is -2.02. The zero-order valence-corrected chi connectivity index (χ0v) is 12.0. The predicted molar refractivity (Wildman–Crippen MR) is 75.9 cm³/mol. The smallest absolute Gasteiger partial charge is 0.254 e. The highest BCUT2D eigenvalue weighted by Gasteiger charge is 2.31. The van der Waals surface area contributed by atoms with Gasteiger partial charge in [-0.3, -0.25) is 4.79 Å². The lowest BCUT2D eigenvalue weighted by atomic mass is 10.0. The van der Waals surface area contributed by atoms with Gasteiger partial charge in [0.05, 0.1) is 16.9 Å². The number of nitrogens with zero attached hydrogens (tertiary/aromatic N) is 4. The van der Waals surface area contributed by atoms with Crippen molar-refractivity contribution in [3.63, 3.8) is 0 Å². The standard InChI is InChI=1S/C14H19N5O2/c1-2-11-10(7-15-13-17-9-18-19(11)13)12(20)16-8-14(21)5-3-4-6-14/h7,9,21H,2-6,8H2,1H3,(H,16,20). The summed E-state index contributed by atoms with van der Waals surface area (Å²) >= 11 is 0. The minimum absolute atomic E-state index is 0.225. The number of carbonyl (C=O) groups is 1. The van der Waals surface area contributed by atoms with Crippen LogP contribution in [0.25, 0.3) is 5.78 Å². The monoisotopic (exact) mass is 289 g/mol. The fourth-order valence-corrected chi connectivity index (χ4v) is 2.90. The fourth-order valence-electron chi connectivity index (χ4n) is 2.90. The summed E-state index contributed by atoms with van der Waals surface area (Å²) in [5.41, 5.74) is 0.498. The molecule has 112 valence electrons. The van der Waals surface area contributed by atoms with Crippen molar-refractivity contribution in [2.45, 2.75) is 44.6 Å². The maximum atomic E-state index is 12.4. The lowest BCUT2D eigenvalue weighted by molar-refractivity contribution is 0.0449. The molecule has 21 heavy (non-hydrogen) atoms. The minimum Gasteiger partial charge on any atom is -0.388 e. The van der Waals surface area contributed by atoms with Crippen molar-refractivity contribution in [3.05, 3.63) is 23.8 Å². The zero-order chi connectivity index (χ0) is 14.9. The first-order valence-corrected chi connectivity index (χ1v) is 7.31. The van der Waals surface area contributed by atoms with Crippen LogP contribution < -0.4 is 5.32 Å². The molecule has 1 aliphatic carbocycles. The van der Waals surface area contributed by atoms with Gasteiger partial charge in [-0.1, -0.05) is 19.8 Å². The van der Waals surface area contributed by atoms with Crippen LogP contribution in [0.5, 0.6) is 0 Å². The number of aryl methyl sites for hydroxylation is 1. The van der Waals surface area contributed by atoms with Crippen LogP contribution in [-0.2, 0) is 6.42 Å². The van der Waals surface area contributed by atoms with E-state index in [4.69, 9.17) is 0 Å². The Kier molecular flexibility index (Phi) is 3.59. The Morgan fingerprint density at radius 3 is 2.90 bits per heavy atom. The Morgan fingerprint density at radius 1 is 1.43 bits per heavy atom. The van der Waals surface area contributed by atoms with Crippen molar-refractivity contribution in [1.29, 1.82) is 0 Å². The van der Waals surface area contributed by atoms with Crippen LogP contribution in [0, 0.1) is 0 Å². The van der Waals surface area contributed by atoms with Crippen LogP contribution in [0.1, 0.15) is 48.7 Å². The van der Waals surface area contributed by atoms with Gasteiger partial charge in [0, 0.05) is 12.7 Å². The molecule has 0 spiro atoms. The number of fused-ring (bicyclic) bond motifs is 1. The molecule has 1 saturated carbocycles. The lowest BCUT2D eigenvalue weighted by Crippen LogP contribution is -2.41. The Labute approximate surface area is 122 Å². The molecular formula is C14H19N5O2. The van der Waals surface area contributed by atoms with E-state index in [1.165, 1.54) is 12.5 Å². The molecule has 0 bridgehead atoms. The molecule has 3 rings (SSSR count). The van der Waals surface area contributed by atoms with Gasteiger partial charge in [-0.25, -0.2) is 9.50 Å². The number of nitrogens with one attached hydrogen (secondary N) is 1. The largest absolute Gasteiger partial charge is 0.388 e. The van der Waals surface area contributed by atoms with Gasteiger partial charge in [-0.2, -0.15) is 10.1 Å². The first-order valence-electron chi connectivity index (χ1n) is 7.31. The summed E-state index contributed by atoms with van der Waals surface area (Å²) in [5.74, 6) is 0.259. The van der Waals surface area contributed by atoms with Gasteiger partial charge in [0.2, 0.25) is 0 Å². The predicted octanol–water partition coefficient (Wildman–Crippen LogP) is 0.722. The summed E-state index contributed by atoms with van der Waals surface area (Å²) < 4.78 is 1.58. The van der Waals surface area contributed by atoms with Crippen LogP contribution in [0.3, 0.4) is 0 Å². The second-order valence-electron chi connectivity index (χ2n) is 5.56. The molecule has 1 fully saturated rings. The molecule has 0 aliphatic heterocycles. The van der Waals surface area contributed by atoms with Gasteiger partial charge in [-0.05, 0) is 19.3 Å². The quantitative estimate of drug-likeness (QED) is 0.865. The molecule has 0 atom stereocenters. The molecule has 2 aromatic heterocycles. The molecule has 0 saturated heterocycles. The molecule has 1 amide bonds. The average Bonchev–Trinajstić information content (AvgIpc) is 3.12. The molecule has 0 aromatic carbocycles. The first-order chi connectivity index (χ1) is 10.1.